The molecule has 2 aromatic heterocycles. The molecule has 2 heterocycles. The van der Waals surface area contributed by atoms with Crippen molar-refractivity contribution in [3.05, 3.63) is 86.0 Å². The van der Waals surface area contributed by atoms with Crippen LogP contribution in [-0.4, -0.2) is 19.7 Å². The van der Waals surface area contributed by atoms with Crippen LogP contribution in [0.15, 0.2) is 53.3 Å². The number of hydrogen-bond donors (Lipinski definition) is 1. The number of para-hydroxylation sites is 3. The Kier molecular flexibility index (Phi) is 4.56. The smallest absolute Gasteiger partial charge is 0.274 e. The molecule has 7 heteroatoms. The summed E-state index contributed by atoms with van der Waals surface area (Å²) in [7, 11) is 0. The third kappa shape index (κ3) is 3.27. The van der Waals surface area contributed by atoms with Crippen LogP contribution < -0.4 is 5.56 Å². The van der Waals surface area contributed by atoms with Crippen molar-refractivity contribution >= 4 is 46.4 Å². The number of fused-ring (bicyclic) bond motifs is 1. The molecular weight excluding hydrogens is 383 g/mol. The molecule has 0 aliphatic heterocycles. The largest absolute Gasteiger partial charge is 0.319 e. The highest BCUT2D eigenvalue weighted by Gasteiger charge is 2.14. The third-order valence-electron chi connectivity index (χ3n) is 4.16. The van der Waals surface area contributed by atoms with Crippen LogP contribution in [0.2, 0.25) is 10.2 Å². The van der Waals surface area contributed by atoms with Gasteiger partial charge in [-0.2, -0.15) is 5.10 Å². The summed E-state index contributed by atoms with van der Waals surface area (Å²) in [4.78, 5) is 19.5. The van der Waals surface area contributed by atoms with Gasteiger partial charge in [0.1, 0.15) is 10.8 Å². The van der Waals surface area contributed by atoms with E-state index in [-0.39, 0.29) is 5.56 Å². The second kappa shape index (κ2) is 7.02. The van der Waals surface area contributed by atoms with E-state index in [0.717, 1.165) is 0 Å². The Balaban J connectivity index is 1.77. The van der Waals surface area contributed by atoms with Crippen molar-refractivity contribution in [3.63, 3.8) is 0 Å². The van der Waals surface area contributed by atoms with Gasteiger partial charge in [-0.3, -0.25) is 4.79 Å². The van der Waals surface area contributed by atoms with Gasteiger partial charge in [0, 0.05) is 5.56 Å². The zero-order valence-corrected chi connectivity index (χ0v) is 15.8. The number of H-pyrrole nitrogens is 1. The molecule has 27 heavy (non-hydrogen) atoms. The molecule has 1 N–H and O–H groups in total. The normalized spacial score (nSPS) is 11.5. The lowest BCUT2D eigenvalue weighted by atomic mass is 10.2. The van der Waals surface area contributed by atoms with Crippen LogP contribution >= 0.6 is 23.2 Å². The Hall–Kier alpha value is -2.89. The maximum absolute atomic E-state index is 12.3. The van der Waals surface area contributed by atoms with Crippen LogP contribution in [0.25, 0.3) is 28.9 Å². The number of benzene rings is 2. The van der Waals surface area contributed by atoms with Gasteiger partial charge in [-0.15, -0.1) is 0 Å². The van der Waals surface area contributed by atoms with Crippen molar-refractivity contribution in [1.29, 1.82) is 0 Å². The fourth-order valence-corrected chi connectivity index (χ4v) is 3.35. The number of aromatic amines is 1. The number of nitrogens with zero attached hydrogens (tertiary/aromatic N) is 3. The van der Waals surface area contributed by atoms with Crippen LogP contribution in [0.5, 0.6) is 0 Å². The van der Waals surface area contributed by atoms with Crippen molar-refractivity contribution < 1.29 is 0 Å². The van der Waals surface area contributed by atoms with E-state index in [1.165, 1.54) is 0 Å². The zero-order valence-electron chi connectivity index (χ0n) is 14.3. The predicted octanol–water partition coefficient (Wildman–Crippen LogP) is 4.89. The second-order valence-electron chi connectivity index (χ2n) is 5.95. The maximum atomic E-state index is 12.3. The lowest BCUT2D eigenvalue weighted by Gasteiger charge is -2.05. The second-order valence-corrected chi connectivity index (χ2v) is 6.72. The van der Waals surface area contributed by atoms with Crippen LogP contribution in [0.4, 0.5) is 0 Å². The van der Waals surface area contributed by atoms with Crippen LogP contribution in [-0.2, 0) is 0 Å². The molecule has 0 saturated carbocycles. The summed E-state index contributed by atoms with van der Waals surface area (Å²) < 4.78 is 1.58. The molecule has 0 unspecified atom stereocenters. The standard InChI is InChI=1S/C20H14Cl2N4O/c1-12-13(19(22)26(25-12)18-9-5-2-6-14(18)21)10-11-17-20(27)24-16-8-4-3-7-15(16)23-17/h2-11H,1H3,(H,24,27)/b11-10+. The van der Waals surface area contributed by atoms with E-state index in [1.54, 1.807) is 22.9 Å². The van der Waals surface area contributed by atoms with Gasteiger partial charge < -0.3 is 4.98 Å². The third-order valence-corrected chi connectivity index (χ3v) is 4.85. The Labute approximate surface area is 164 Å². The molecule has 0 amide bonds. The molecule has 0 bridgehead atoms. The quantitative estimate of drug-likeness (QED) is 0.535. The number of halogens is 2. The van der Waals surface area contributed by atoms with Gasteiger partial charge in [0.05, 0.1) is 27.4 Å². The Morgan fingerprint density at radius 3 is 2.59 bits per heavy atom. The fraction of sp³-hybridized carbons (Fsp3) is 0.0500. The van der Waals surface area contributed by atoms with Crippen molar-refractivity contribution in [2.24, 2.45) is 0 Å². The van der Waals surface area contributed by atoms with E-state index in [9.17, 15) is 4.79 Å². The molecule has 5 nitrogen and oxygen atoms in total. The molecule has 0 radical (unpaired) electrons. The van der Waals surface area contributed by atoms with E-state index in [1.807, 2.05) is 49.4 Å². The van der Waals surface area contributed by atoms with Crippen molar-refractivity contribution in [3.8, 4) is 5.69 Å². The van der Waals surface area contributed by atoms with Gasteiger partial charge in [0.25, 0.3) is 5.56 Å². The Morgan fingerprint density at radius 1 is 1.04 bits per heavy atom. The minimum atomic E-state index is -0.266. The number of aryl methyl sites for hydroxylation is 1. The van der Waals surface area contributed by atoms with Crippen molar-refractivity contribution in [1.82, 2.24) is 19.7 Å². The maximum Gasteiger partial charge on any atom is 0.274 e. The van der Waals surface area contributed by atoms with Gasteiger partial charge in [-0.05, 0) is 43.3 Å². The molecule has 0 aliphatic carbocycles. The first-order chi connectivity index (χ1) is 13.0. The van der Waals surface area contributed by atoms with Gasteiger partial charge in [0.2, 0.25) is 0 Å². The van der Waals surface area contributed by atoms with E-state index in [4.69, 9.17) is 23.2 Å². The first-order valence-electron chi connectivity index (χ1n) is 8.22. The number of rotatable bonds is 3. The number of hydrogen-bond acceptors (Lipinski definition) is 3. The average Bonchev–Trinajstić information content (AvgIpc) is 2.94. The summed E-state index contributed by atoms with van der Waals surface area (Å²) in [5.74, 6) is 0. The fourth-order valence-electron chi connectivity index (χ4n) is 2.80. The first kappa shape index (κ1) is 17.5. The summed E-state index contributed by atoms with van der Waals surface area (Å²) in [5, 5.41) is 5.43. The summed E-state index contributed by atoms with van der Waals surface area (Å²) in [5.41, 5.74) is 3.55. The van der Waals surface area contributed by atoms with Gasteiger partial charge >= 0.3 is 0 Å². The molecule has 4 rings (SSSR count). The highest BCUT2D eigenvalue weighted by Crippen LogP contribution is 2.28. The van der Waals surface area contributed by atoms with E-state index in [2.05, 4.69) is 15.1 Å². The monoisotopic (exact) mass is 396 g/mol. The number of nitrogens with one attached hydrogen (secondary N) is 1. The summed E-state index contributed by atoms with van der Waals surface area (Å²) in [6.07, 6.45) is 3.38. The van der Waals surface area contributed by atoms with Crippen molar-refractivity contribution in [2.75, 3.05) is 0 Å². The summed E-state index contributed by atoms with van der Waals surface area (Å²) >= 11 is 12.8. The first-order valence-corrected chi connectivity index (χ1v) is 8.97. The van der Waals surface area contributed by atoms with Crippen LogP contribution in [0.3, 0.4) is 0 Å². The SMILES string of the molecule is Cc1nn(-c2ccccc2Cl)c(Cl)c1/C=C/c1nc2ccccc2[nH]c1=O. The summed E-state index contributed by atoms with van der Waals surface area (Å²) in [6.45, 7) is 1.84. The Bertz CT molecular complexity index is 1240. The van der Waals surface area contributed by atoms with Gasteiger partial charge in [-0.1, -0.05) is 47.5 Å². The molecule has 0 aliphatic rings. The van der Waals surface area contributed by atoms with Crippen molar-refractivity contribution in [2.45, 2.75) is 6.92 Å². The summed E-state index contributed by atoms with van der Waals surface area (Å²) in [6, 6.07) is 14.7. The van der Waals surface area contributed by atoms with E-state index >= 15 is 0 Å². The predicted molar refractivity (Wildman–Crippen MR) is 110 cm³/mol. The van der Waals surface area contributed by atoms with Gasteiger partial charge in [0.15, 0.2) is 0 Å². The van der Waals surface area contributed by atoms with E-state index in [0.29, 0.717) is 43.8 Å². The van der Waals surface area contributed by atoms with Gasteiger partial charge in [-0.25, -0.2) is 9.67 Å². The average molecular weight is 397 g/mol. The van der Waals surface area contributed by atoms with Crippen LogP contribution in [0, 0.1) is 6.92 Å². The zero-order chi connectivity index (χ0) is 19.0. The topological polar surface area (TPSA) is 63.6 Å². The Morgan fingerprint density at radius 2 is 1.78 bits per heavy atom. The minimum absolute atomic E-state index is 0.266. The highest BCUT2D eigenvalue weighted by atomic mass is 35.5. The van der Waals surface area contributed by atoms with E-state index < -0.39 is 0 Å². The molecular formula is C20H14Cl2N4O. The lowest BCUT2D eigenvalue weighted by Crippen LogP contribution is -2.11. The molecule has 0 fully saturated rings. The molecule has 0 spiro atoms. The highest BCUT2D eigenvalue weighted by molar-refractivity contribution is 6.33. The molecule has 4 aromatic rings. The lowest BCUT2D eigenvalue weighted by molar-refractivity contribution is 0.863. The number of aromatic nitrogens is 4. The molecule has 0 atom stereocenters. The minimum Gasteiger partial charge on any atom is -0.319 e. The molecule has 0 saturated heterocycles. The molecule has 2 aromatic carbocycles. The molecule has 134 valence electrons. The van der Waals surface area contributed by atoms with Crippen LogP contribution in [0.1, 0.15) is 17.0 Å².